The lowest BCUT2D eigenvalue weighted by atomic mass is 10.1. The van der Waals surface area contributed by atoms with Crippen molar-refractivity contribution in [1.29, 1.82) is 0 Å². The van der Waals surface area contributed by atoms with E-state index in [1.54, 1.807) is 0 Å². The van der Waals surface area contributed by atoms with Crippen LogP contribution in [0.3, 0.4) is 0 Å². The number of rotatable bonds is 9. The number of carboxylic acid groups (broad SMARTS) is 1. The van der Waals surface area contributed by atoms with E-state index in [0.29, 0.717) is 6.42 Å². The van der Waals surface area contributed by atoms with E-state index >= 15 is 0 Å². The third-order valence-corrected chi connectivity index (χ3v) is 3.40. The molecule has 1 atom stereocenters. The van der Waals surface area contributed by atoms with Gasteiger partial charge >= 0.3 is 12.1 Å². The minimum Gasteiger partial charge on any atom is -0.480 e. The molecule has 0 bridgehead atoms. The number of hydrogen-bond donors (Lipinski definition) is 2. The molecule has 0 saturated carbocycles. The van der Waals surface area contributed by atoms with Crippen molar-refractivity contribution in [2.24, 2.45) is 0 Å². The average Bonchev–Trinajstić information content (AvgIpc) is 2.61. The first-order chi connectivity index (χ1) is 12.1. The molecule has 0 saturated heterocycles. The fourth-order valence-corrected chi connectivity index (χ4v) is 2.27. The molecule has 2 rings (SSSR count). The van der Waals surface area contributed by atoms with Gasteiger partial charge < -0.3 is 19.9 Å². The van der Waals surface area contributed by atoms with Crippen molar-refractivity contribution in [1.82, 2.24) is 5.32 Å². The Kier molecular flexibility index (Phi) is 7.46. The van der Waals surface area contributed by atoms with Gasteiger partial charge in [-0.05, 0) is 17.5 Å². The fourth-order valence-electron chi connectivity index (χ4n) is 2.27. The van der Waals surface area contributed by atoms with Gasteiger partial charge in [0.05, 0.1) is 12.6 Å². The van der Waals surface area contributed by atoms with Crippen molar-refractivity contribution in [2.75, 3.05) is 13.2 Å². The zero-order chi connectivity index (χ0) is 17.9. The Labute approximate surface area is 146 Å². The number of aliphatic carboxylic acids is 1. The summed E-state index contributed by atoms with van der Waals surface area (Å²) in [6.45, 7) is -0.158. The molecule has 6 heteroatoms. The second kappa shape index (κ2) is 10.1. The van der Waals surface area contributed by atoms with E-state index in [1.807, 2.05) is 60.7 Å². The van der Waals surface area contributed by atoms with E-state index in [2.05, 4.69) is 5.32 Å². The van der Waals surface area contributed by atoms with Crippen molar-refractivity contribution < 1.29 is 24.2 Å². The second-order valence-corrected chi connectivity index (χ2v) is 5.50. The number of nitrogens with one attached hydrogen (secondary N) is 1. The fraction of sp³-hybridized carbons (Fsp3) is 0.263. The number of amides is 1. The Balaban J connectivity index is 1.87. The molecule has 0 aliphatic heterocycles. The molecule has 0 aliphatic rings. The van der Waals surface area contributed by atoms with Gasteiger partial charge in [-0.25, -0.2) is 9.59 Å². The van der Waals surface area contributed by atoms with E-state index in [-0.39, 0.29) is 19.3 Å². The summed E-state index contributed by atoms with van der Waals surface area (Å²) in [6.07, 6.45) is -0.0512. The Morgan fingerprint density at radius 2 is 1.56 bits per heavy atom. The Morgan fingerprint density at radius 3 is 2.16 bits per heavy atom. The molecule has 1 amide bonds. The number of benzene rings is 2. The van der Waals surface area contributed by atoms with Crippen LogP contribution in [0.5, 0.6) is 0 Å². The highest BCUT2D eigenvalue weighted by molar-refractivity contribution is 5.68. The Bertz CT molecular complexity index is 660. The number of carboxylic acids is 1. The molecule has 1 unspecified atom stereocenters. The summed E-state index contributed by atoms with van der Waals surface area (Å²) in [5, 5.41) is 11.4. The van der Waals surface area contributed by atoms with Crippen LogP contribution in [0.15, 0.2) is 60.7 Å². The molecule has 0 aliphatic carbocycles. The maximum absolute atomic E-state index is 12.0. The minimum absolute atomic E-state index is 0.0850. The maximum atomic E-state index is 12.0. The van der Waals surface area contributed by atoms with Crippen LogP contribution in [-0.4, -0.2) is 36.4 Å². The third-order valence-electron chi connectivity index (χ3n) is 3.40. The van der Waals surface area contributed by atoms with Crippen LogP contribution >= 0.6 is 0 Å². The maximum Gasteiger partial charge on any atom is 0.407 e. The zero-order valence-corrected chi connectivity index (χ0v) is 13.8. The molecule has 2 aromatic rings. The van der Waals surface area contributed by atoms with Crippen LogP contribution in [-0.2, 0) is 27.3 Å². The van der Waals surface area contributed by atoms with Gasteiger partial charge in [-0.2, -0.15) is 0 Å². The number of ether oxygens (including phenoxy) is 2. The monoisotopic (exact) mass is 343 g/mol. The molecule has 2 N–H and O–H groups in total. The first-order valence-electron chi connectivity index (χ1n) is 7.94. The first-order valence-corrected chi connectivity index (χ1v) is 7.94. The van der Waals surface area contributed by atoms with Gasteiger partial charge in [0.15, 0.2) is 0 Å². The normalized spacial score (nSPS) is 11.5. The standard InChI is InChI=1S/C19H21NO5/c21-18(22)14-24-13-17(11-15-7-3-1-4-8-15)20-19(23)25-12-16-9-5-2-6-10-16/h1-10,17H,11-14H2,(H,20,23)(H,21,22). The lowest BCUT2D eigenvalue weighted by Gasteiger charge is -2.18. The molecule has 6 nitrogen and oxygen atoms in total. The highest BCUT2D eigenvalue weighted by Crippen LogP contribution is 2.05. The van der Waals surface area contributed by atoms with E-state index in [0.717, 1.165) is 11.1 Å². The van der Waals surface area contributed by atoms with Gasteiger partial charge in [-0.1, -0.05) is 60.7 Å². The smallest absolute Gasteiger partial charge is 0.407 e. The van der Waals surface area contributed by atoms with Gasteiger partial charge in [0, 0.05) is 0 Å². The van der Waals surface area contributed by atoms with Crippen molar-refractivity contribution in [2.45, 2.75) is 19.1 Å². The van der Waals surface area contributed by atoms with Gasteiger partial charge in [0.2, 0.25) is 0 Å². The number of carbonyl (C=O) groups is 2. The topological polar surface area (TPSA) is 84.9 Å². The summed E-state index contributed by atoms with van der Waals surface area (Å²) in [7, 11) is 0. The summed E-state index contributed by atoms with van der Waals surface area (Å²) in [4.78, 5) is 22.6. The predicted octanol–water partition coefficient (Wildman–Crippen LogP) is 2.63. The van der Waals surface area contributed by atoms with Crippen molar-refractivity contribution in [3.63, 3.8) is 0 Å². The SMILES string of the molecule is O=C(O)COCC(Cc1ccccc1)NC(=O)OCc1ccccc1. The Hall–Kier alpha value is -2.86. The minimum atomic E-state index is -1.05. The molecule has 0 radical (unpaired) electrons. The van der Waals surface area contributed by atoms with Gasteiger partial charge in [-0.15, -0.1) is 0 Å². The highest BCUT2D eigenvalue weighted by Gasteiger charge is 2.15. The van der Waals surface area contributed by atoms with Crippen LogP contribution < -0.4 is 5.32 Å². The van der Waals surface area contributed by atoms with Gasteiger partial charge in [0.25, 0.3) is 0 Å². The Morgan fingerprint density at radius 1 is 0.960 bits per heavy atom. The van der Waals surface area contributed by atoms with Crippen LogP contribution in [0, 0.1) is 0 Å². The molecular formula is C19H21NO5. The van der Waals surface area contributed by atoms with Gasteiger partial charge in [0.1, 0.15) is 13.2 Å². The summed E-state index contributed by atoms with van der Waals surface area (Å²) in [6, 6.07) is 18.5. The van der Waals surface area contributed by atoms with Gasteiger partial charge in [-0.3, -0.25) is 0 Å². The van der Waals surface area contributed by atoms with Crippen LogP contribution in [0.1, 0.15) is 11.1 Å². The largest absolute Gasteiger partial charge is 0.480 e. The third kappa shape index (κ3) is 7.50. The number of carbonyl (C=O) groups excluding carboxylic acids is 1. The van der Waals surface area contributed by atoms with Crippen molar-refractivity contribution in [3.05, 3.63) is 71.8 Å². The van der Waals surface area contributed by atoms with Crippen LogP contribution in [0.2, 0.25) is 0 Å². The molecule has 0 heterocycles. The van der Waals surface area contributed by atoms with E-state index in [1.165, 1.54) is 0 Å². The second-order valence-electron chi connectivity index (χ2n) is 5.50. The molecule has 0 fully saturated rings. The van der Waals surface area contributed by atoms with Crippen molar-refractivity contribution >= 4 is 12.1 Å². The molecule has 2 aromatic carbocycles. The molecule has 0 spiro atoms. The number of alkyl carbamates (subject to hydrolysis) is 1. The van der Waals surface area contributed by atoms with E-state index in [4.69, 9.17) is 14.6 Å². The van der Waals surface area contributed by atoms with Crippen LogP contribution in [0.25, 0.3) is 0 Å². The lowest BCUT2D eigenvalue weighted by molar-refractivity contribution is -0.142. The summed E-state index contributed by atoms with van der Waals surface area (Å²) in [5.74, 6) is -1.05. The quantitative estimate of drug-likeness (QED) is 0.731. The van der Waals surface area contributed by atoms with E-state index in [9.17, 15) is 9.59 Å². The average molecular weight is 343 g/mol. The molecular weight excluding hydrogens is 322 g/mol. The summed E-state index contributed by atoms with van der Waals surface area (Å²) in [5.41, 5.74) is 1.90. The summed E-state index contributed by atoms with van der Waals surface area (Å²) < 4.78 is 10.3. The van der Waals surface area contributed by atoms with Crippen LogP contribution in [0.4, 0.5) is 4.79 Å². The highest BCUT2D eigenvalue weighted by atomic mass is 16.5. The zero-order valence-electron chi connectivity index (χ0n) is 13.8. The predicted molar refractivity (Wildman–Crippen MR) is 92.2 cm³/mol. The first kappa shape index (κ1) is 18.5. The van der Waals surface area contributed by atoms with Crippen molar-refractivity contribution in [3.8, 4) is 0 Å². The molecule has 0 aromatic heterocycles. The lowest BCUT2D eigenvalue weighted by Crippen LogP contribution is -2.40. The molecule has 132 valence electrons. The number of hydrogen-bond acceptors (Lipinski definition) is 4. The molecule has 25 heavy (non-hydrogen) atoms. The summed E-state index contributed by atoms with van der Waals surface area (Å²) >= 11 is 0. The van der Waals surface area contributed by atoms with E-state index < -0.39 is 18.7 Å².